The number of rotatable bonds is 3. The zero-order valence-electron chi connectivity index (χ0n) is 7.26. The van der Waals surface area contributed by atoms with E-state index in [1.807, 2.05) is 0 Å². The first-order valence-corrected chi connectivity index (χ1v) is 3.58. The summed E-state index contributed by atoms with van der Waals surface area (Å²) in [7, 11) is 1.69. The van der Waals surface area contributed by atoms with E-state index < -0.39 is 12.1 Å². The second-order valence-corrected chi connectivity index (χ2v) is 2.37. The van der Waals surface area contributed by atoms with Crippen LogP contribution >= 0.6 is 12.4 Å². The molecule has 1 heterocycles. The van der Waals surface area contributed by atoms with Crippen LogP contribution in [0.3, 0.4) is 0 Å². The van der Waals surface area contributed by atoms with E-state index in [1.165, 1.54) is 0 Å². The Morgan fingerprint density at radius 1 is 1.43 bits per heavy atom. The van der Waals surface area contributed by atoms with Gasteiger partial charge in [-0.2, -0.15) is 18.2 Å². The van der Waals surface area contributed by atoms with Crippen LogP contribution in [0.4, 0.5) is 13.2 Å². The van der Waals surface area contributed by atoms with E-state index in [1.54, 1.807) is 7.05 Å². The lowest BCUT2D eigenvalue weighted by atomic mass is 10.4. The fraction of sp³-hybridized carbons (Fsp3) is 0.667. The zero-order valence-corrected chi connectivity index (χ0v) is 8.08. The molecule has 0 fully saturated rings. The van der Waals surface area contributed by atoms with Crippen molar-refractivity contribution in [2.45, 2.75) is 12.6 Å². The van der Waals surface area contributed by atoms with Crippen molar-refractivity contribution in [3.8, 4) is 0 Å². The van der Waals surface area contributed by atoms with Gasteiger partial charge in [-0.3, -0.25) is 0 Å². The SMILES string of the molecule is CNCCc1noc(C(F)(F)F)n1.Cl. The molecule has 0 amide bonds. The maximum Gasteiger partial charge on any atom is 0.471 e. The van der Waals surface area contributed by atoms with Gasteiger partial charge in [0, 0.05) is 13.0 Å². The standard InChI is InChI=1S/C6H8F3N3O.ClH/c1-10-3-2-4-11-5(13-12-4)6(7,8)9;/h10H,2-3H2,1H3;1H. The smallest absolute Gasteiger partial charge is 0.329 e. The fourth-order valence-electron chi connectivity index (χ4n) is 0.707. The Morgan fingerprint density at radius 2 is 2.07 bits per heavy atom. The van der Waals surface area contributed by atoms with Gasteiger partial charge in [0.05, 0.1) is 0 Å². The average Bonchev–Trinajstić information content (AvgIpc) is 2.47. The molecule has 1 rings (SSSR count). The molecule has 0 aromatic carbocycles. The summed E-state index contributed by atoms with van der Waals surface area (Å²) in [5.41, 5.74) is 0. The van der Waals surface area contributed by atoms with Gasteiger partial charge in [0.2, 0.25) is 0 Å². The van der Waals surface area contributed by atoms with Crippen molar-refractivity contribution in [1.29, 1.82) is 0 Å². The lowest BCUT2D eigenvalue weighted by Crippen LogP contribution is -2.11. The Kier molecular flexibility index (Phi) is 4.86. The van der Waals surface area contributed by atoms with Crippen LogP contribution in [0.5, 0.6) is 0 Å². The van der Waals surface area contributed by atoms with Crippen molar-refractivity contribution in [2.75, 3.05) is 13.6 Å². The number of hydrogen-bond acceptors (Lipinski definition) is 4. The highest BCUT2D eigenvalue weighted by molar-refractivity contribution is 5.85. The van der Waals surface area contributed by atoms with Gasteiger partial charge in [0.15, 0.2) is 5.82 Å². The number of nitrogens with zero attached hydrogens (tertiary/aromatic N) is 2. The normalized spacial score (nSPS) is 11.1. The molecular weight excluding hydrogens is 223 g/mol. The predicted octanol–water partition coefficient (Wildman–Crippen LogP) is 1.27. The van der Waals surface area contributed by atoms with Crippen LogP contribution in [0.25, 0.3) is 0 Å². The molecule has 0 atom stereocenters. The van der Waals surface area contributed by atoms with E-state index in [2.05, 4.69) is 20.0 Å². The lowest BCUT2D eigenvalue weighted by molar-refractivity contribution is -0.159. The molecule has 82 valence electrons. The minimum absolute atomic E-state index is 0. The highest BCUT2D eigenvalue weighted by atomic mass is 35.5. The monoisotopic (exact) mass is 231 g/mol. The van der Waals surface area contributed by atoms with E-state index in [4.69, 9.17) is 0 Å². The van der Waals surface area contributed by atoms with Crippen LogP contribution < -0.4 is 5.32 Å². The summed E-state index contributed by atoms with van der Waals surface area (Å²) in [6.07, 6.45) is -4.24. The van der Waals surface area contributed by atoms with Crippen LogP contribution in [0.1, 0.15) is 11.7 Å². The lowest BCUT2D eigenvalue weighted by Gasteiger charge is -1.96. The second kappa shape index (κ2) is 5.16. The van der Waals surface area contributed by atoms with E-state index in [0.29, 0.717) is 13.0 Å². The first-order chi connectivity index (χ1) is 6.04. The number of likely N-dealkylation sites (N-methyl/N-ethyl adjacent to an activating group) is 1. The van der Waals surface area contributed by atoms with Crippen molar-refractivity contribution in [3.63, 3.8) is 0 Å². The number of halogens is 4. The molecule has 0 aliphatic rings. The van der Waals surface area contributed by atoms with Gasteiger partial charge in [-0.1, -0.05) is 5.16 Å². The van der Waals surface area contributed by atoms with Crippen molar-refractivity contribution < 1.29 is 17.7 Å². The maximum absolute atomic E-state index is 11.9. The number of hydrogen-bond donors (Lipinski definition) is 1. The Bertz CT molecular complexity index is 276. The van der Waals surface area contributed by atoms with Gasteiger partial charge >= 0.3 is 12.1 Å². The Morgan fingerprint density at radius 3 is 2.50 bits per heavy atom. The molecule has 0 bridgehead atoms. The summed E-state index contributed by atoms with van der Waals surface area (Å²) in [6.45, 7) is 0.511. The molecule has 0 aliphatic carbocycles. The molecule has 0 spiro atoms. The molecular formula is C6H9ClF3N3O. The van der Waals surface area contributed by atoms with Gasteiger partial charge in [-0.05, 0) is 7.05 Å². The third-order valence-corrected chi connectivity index (χ3v) is 1.31. The van der Waals surface area contributed by atoms with Crippen molar-refractivity contribution in [1.82, 2.24) is 15.5 Å². The summed E-state index contributed by atoms with van der Waals surface area (Å²) >= 11 is 0. The minimum atomic E-state index is -4.55. The molecule has 4 nitrogen and oxygen atoms in total. The van der Waals surface area contributed by atoms with E-state index in [-0.39, 0.29) is 18.2 Å². The second-order valence-electron chi connectivity index (χ2n) is 2.37. The Balaban J connectivity index is 0.00000169. The van der Waals surface area contributed by atoms with Gasteiger partial charge in [0.1, 0.15) is 0 Å². The molecule has 8 heteroatoms. The first-order valence-electron chi connectivity index (χ1n) is 3.58. The molecule has 0 aliphatic heterocycles. The quantitative estimate of drug-likeness (QED) is 0.851. The van der Waals surface area contributed by atoms with E-state index >= 15 is 0 Å². The van der Waals surface area contributed by atoms with Gasteiger partial charge in [0.25, 0.3) is 0 Å². The number of nitrogens with one attached hydrogen (secondary N) is 1. The number of aromatic nitrogens is 2. The summed E-state index contributed by atoms with van der Waals surface area (Å²) < 4.78 is 39.7. The maximum atomic E-state index is 11.9. The fourth-order valence-corrected chi connectivity index (χ4v) is 0.707. The predicted molar refractivity (Wildman–Crippen MR) is 44.2 cm³/mol. The summed E-state index contributed by atoms with van der Waals surface area (Å²) in [6, 6.07) is 0. The van der Waals surface area contributed by atoms with E-state index in [0.717, 1.165) is 0 Å². The molecule has 0 unspecified atom stereocenters. The van der Waals surface area contributed by atoms with Crippen molar-refractivity contribution in [2.24, 2.45) is 0 Å². The van der Waals surface area contributed by atoms with Crippen LogP contribution in [0.2, 0.25) is 0 Å². The highest BCUT2D eigenvalue weighted by Crippen LogP contribution is 2.27. The molecule has 1 N–H and O–H groups in total. The largest absolute Gasteiger partial charge is 0.471 e. The van der Waals surface area contributed by atoms with Crippen molar-refractivity contribution >= 4 is 12.4 Å². The summed E-state index contributed by atoms with van der Waals surface area (Å²) in [4.78, 5) is 3.18. The summed E-state index contributed by atoms with van der Waals surface area (Å²) in [5, 5.41) is 5.94. The Labute approximate surface area is 84.3 Å². The van der Waals surface area contributed by atoms with Crippen LogP contribution in [0.15, 0.2) is 4.52 Å². The third-order valence-electron chi connectivity index (χ3n) is 1.31. The third kappa shape index (κ3) is 3.51. The van der Waals surface area contributed by atoms with Crippen LogP contribution in [-0.2, 0) is 12.6 Å². The van der Waals surface area contributed by atoms with E-state index in [9.17, 15) is 13.2 Å². The van der Waals surface area contributed by atoms with Crippen molar-refractivity contribution in [3.05, 3.63) is 11.7 Å². The molecule has 1 aromatic heterocycles. The van der Waals surface area contributed by atoms with Gasteiger partial charge in [-0.15, -0.1) is 12.4 Å². The van der Waals surface area contributed by atoms with Gasteiger partial charge < -0.3 is 9.84 Å². The highest BCUT2D eigenvalue weighted by Gasteiger charge is 2.38. The molecule has 0 radical (unpaired) electrons. The summed E-state index contributed by atoms with van der Waals surface area (Å²) in [5.74, 6) is -1.24. The topological polar surface area (TPSA) is 51.0 Å². The zero-order chi connectivity index (χ0) is 9.90. The molecule has 0 saturated heterocycles. The van der Waals surface area contributed by atoms with Gasteiger partial charge in [-0.25, -0.2) is 0 Å². The first kappa shape index (κ1) is 13.2. The number of alkyl halides is 3. The average molecular weight is 232 g/mol. The molecule has 0 saturated carbocycles. The molecule has 14 heavy (non-hydrogen) atoms. The Hall–Kier alpha value is -0.820. The van der Waals surface area contributed by atoms with Crippen LogP contribution in [-0.4, -0.2) is 23.7 Å². The molecule has 1 aromatic rings. The van der Waals surface area contributed by atoms with Crippen LogP contribution in [0, 0.1) is 0 Å². The minimum Gasteiger partial charge on any atom is -0.329 e.